The molecular weight excluding hydrogens is 206 g/mol. The lowest BCUT2D eigenvalue weighted by atomic mass is 10.2. The summed E-state index contributed by atoms with van der Waals surface area (Å²) in [6.45, 7) is 0.109. The molecule has 0 fully saturated rings. The lowest BCUT2D eigenvalue weighted by Gasteiger charge is -2.08. The lowest BCUT2D eigenvalue weighted by Crippen LogP contribution is -1.91. The Balaban J connectivity index is 3.16. The fourth-order valence-electron chi connectivity index (χ4n) is 1.06. The van der Waals surface area contributed by atoms with Crippen LogP contribution in [-0.4, -0.2) is 18.3 Å². The number of methoxy groups -OCH3 is 1. The van der Waals surface area contributed by atoms with E-state index in [1.165, 1.54) is 19.3 Å². The molecule has 0 heterocycles. The largest absolute Gasteiger partial charge is 0.503 e. The highest BCUT2D eigenvalue weighted by Crippen LogP contribution is 2.36. The van der Waals surface area contributed by atoms with Gasteiger partial charge < -0.3 is 9.84 Å². The van der Waals surface area contributed by atoms with Crippen LogP contribution < -0.4 is 4.74 Å². The van der Waals surface area contributed by atoms with Gasteiger partial charge in [-0.05, 0) is 6.07 Å². The van der Waals surface area contributed by atoms with Crippen molar-refractivity contribution in [2.75, 3.05) is 7.11 Å². The van der Waals surface area contributed by atoms with E-state index >= 15 is 0 Å². The SMILES string of the molecule is COc1c(CN=C=O)ccc(Cl)c1O. The first-order chi connectivity index (χ1) is 6.70. The van der Waals surface area contributed by atoms with Crippen molar-refractivity contribution in [3.05, 3.63) is 22.7 Å². The first kappa shape index (κ1) is 10.6. The van der Waals surface area contributed by atoms with Gasteiger partial charge >= 0.3 is 0 Å². The Labute approximate surface area is 85.8 Å². The lowest BCUT2D eigenvalue weighted by molar-refractivity contribution is 0.369. The molecule has 1 N–H and O–H groups in total. The van der Waals surface area contributed by atoms with Gasteiger partial charge in [0.25, 0.3) is 0 Å². The topological polar surface area (TPSA) is 58.9 Å². The molecule has 1 aromatic carbocycles. The number of phenolic OH excluding ortho intramolecular Hbond substituents is 1. The minimum atomic E-state index is -0.146. The molecule has 1 aromatic rings. The Morgan fingerprint density at radius 2 is 2.36 bits per heavy atom. The zero-order chi connectivity index (χ0) is 10.6. The average Bonchev–Trinajstić information content (AvgIpc) is 2.20. The van der Waals surface area contributed by atoms with Crippen LogP contribution in [0.3, 0.4) is 0 Å². The molecule has 0 saturated carbocycles. The van der Waals surface area contributed by atoms with Crippen molar-refractivity contribution in [2.45, 2.75) is 6.54 Å². The Hall–Kier alpha value is -1.51. The summed E-state index contributed by atoms with van der Waals surface area (Å²) in [6, 6.07) is 3.14. The number of hydrogen-bond acceptors (Lipinski definition) is 4. The van der Waals surface area contributed by atoms with Crippen molar-refractivity contribution < 1.29 is 14.6 Å². The van der Waals surface area contributed by atoms with Gasteiger partial charge in [-0.1, -0.05) is 17.7 Å². The summed E-state index contributed by atoms with van der Waals surface area (Å²) in [5.74, 6) is 0.0873. The van der Waals surface area contributed by atoms with Crippen molar-refractivity contribution >= 4 is 17.7 Å². The molecule has 0 radical (unpaired) electrons. The van der Waals surface area contributed by atoms with Crippen LogP contribution in [0.5, 0.6) is 11.5 Å². The molecule has 1 rings (SSSR count). The third-order valence-corrected chi connectivity index (χ3v) is 1.99. The van der Waals surface area contributed by atoms with Gasteiger partial charge in [0.05, 0.1) is 18.7 Å². The van der Waals surface area contributed by atoms with Crippen LogP contribution in [0.15, 0.2) is 17.1 Å². The molecule has 0 spiro atoms. The third kappa shape index (κ3) is 2.05. The molecule has 0 aliphatic heterocycles. The van der Waals surface area contributed by atoms with Crippen molar-refractivity contribution in [1.82, 2.24) is 0 Å². The highest BCUT2D eigenvalue weighted by molar-refractivity contribution is 6.32. The number of carbonyl (C=O) groups excluding carboxylic acids is 1. The number of nitrogens with zero attached hydrogens (tertiary/aromatic N) is 1. The molecule has 0 aliphatic carbocycles. The highest BCUT2D eigenvalue weighted by atomic mass is 35.5. The average molecular weight is 214 g/mol. The van der Waals surface area contributed by atoms with Crippen molar-refractivity contribution in [3.63, 3.8) is 0 Å². The van der Waals surface area contributed by atoms with Crippen molar-refractivity contribution in [3.8, 4) is 11.5 Å². The van der Waals surface area contributed by atoms with Crippen LogP contribution in [0.1, 0.15) is 5.56 Å². The molecule has 5 heteroatoms. The van der Waals surface area contributed by atoms with Crippen LogP contribution in [-0.2, 0) is 11.3 Å². The highest BCUT2D eigenvalue weighted by Gasteiger charge is 2.11. The van der Waals surface area contributed by atoms with Gasteiger partial charge in [0.15, 0.2) is 11.5 Å². The smallest absolute Gasteiger partial charge is 0.235 e. The number of aromatic hydroxyl groups is 1. The first-order valence-electron chi connectivity index (χ1n) is 3.78. The fourth-order valence-corrected chi connectivity index (χ4v) is 1.21. The van der Waals surface area contributed by atoms with E-state index in [-0.39, 0.29) is 23.1 Å². The Morgan fingerprint density at radius 1 is 1.64 bits per heavy atom. The summed E-state index contributed by atoms with van der Waals surface area (Å²) in [5, 5.41) is 9.68. The zero-order valence-electron chi connectivity index (χ0n) is 7.45. The predicted octanol–water partition coefficient (Wildman–Crippen LogP) is 1.89. The van der Waals surface area contributed by atoms with Gasteiger partial charge in [0, 0.05) is 5.56 Å². The summed E-state index contributed by atoms with van der Waals surface area (Å²) in [6.07, 6.45) is 1.41. The van der Waals surface area contributed by atoms with E-state index < -0.39 is 0 Å². The maximum Gasteiger partial charge on any atom is 0.235 e. The Kier molecular flexibility index (Phi) is 3.51. The van der Waals surface area contributed by atoms with Crippen LogP contribution in [0.2, 0.25) is 5.02 Å². The number of hydrogen-bond donors (Lipinski definition) is 1. The Bertz CT molecular complexity index is 386. The van der Waals surface area contributed by atoms with E-state index in [1.807, 2.05) is 0 Å². The molecule has 0 saturated heterocycles. The second-order valence-corrected chi connectivity index (χ2v) is 2.90. The third-order valence-electron chi connectivity index (χ3n) is 1.68. The van der Waals surface area contributed by atoms with E-state index in [0.717, 1.165) is 0 Å². The molecule has 0 amide bonds. The number of benzene rings is 1. The minimum absolute atomic E-state index is 0.109. The normalized spacial score (nSPS) is 9.29. The quantitative estimate of drug-likeness (QED) is 0.616. The molecule has 0 atom stereocenters. The van der Waals surface area contributed by atoms with Gasteiger partial charge in [0.1, 0.15) is 0 Å². The van der Waals surface area contributed by atoms with E-state index in [9.17, 15) is 9.90 Å². The van der Waals surface area contributed by atoms with E-state index in [1.54, 1.807) is 6.07 Å². The number of isocyanates is 1. The summed E-state index contributed by atoms with van der Waals surface area (Å²) in [7, 11) is 1.40. The second-order valence-electron chi connectivity index (χ2n) is 2.50. The van der Waals surface area contributed by atoms with Crippen molar-refractivity contribution in [1.29, 1.82) is 0 Å². The molecular formula is C9H8ClNO3. The summed E-state index contributed by atoms with van der Waals surface area (Å²) >= 11 is 5.66. The first-order valence-corrected chi connectivity index (χ1v) is 4.16. The molecule has 14 heavy (non-hydrogen) atoms. The fraction of sp³-hybridized carbons (Fsp3) is 0.222. The van der Waals surface area contributed by atoms with E-state index in [4.69, 9.17) is 16.3 Å². The van der Waals surface area contributed by atoms with E-state index in [0.29, 0.717) is 5.56 Å². The molecule has 0 bridgehead atoms. The summed E-state index contributed by atoms with van der Waals surface area (Å²) in [4.78, 5) is 13.3. The van der Waals surface area contributed by atoms with Crippen LogP contribution in [0.25, 0.3) is 0 Å². The number of aliphatic imine (C=N–C) groups is 1. The molecule has 0 aromatic heterocycles. The predicted molar refractivity (Wildman–Crippen MR) is 51.5 cm³/mol. The van der Waals surface area contributed by atoms with Crippen LogP contribution >= 0.6 is 11.6 Å². The van der Waals surface area contributed by atoms with Gasteiger partial charge in [-0.25, -0.2) is 9.79 Å². The maximum atomic E-state index is 9.91. The molecule has 0 unspecified atom stereocenters. The number of phenols is 1. The van der Waals surface area contributed by atoms with E-state index in [2.05, 4.69) is 4.99 Å². The van der Waals surface area contributed by atoms with Gasteiger partial charge in [-0.3, -0.25) is 0 Å². The van der Waals surface area contributed by atoms with Crippen LogP contribution in [0, 0.1) is 0 Å². The van der Waals surface area contributed by atoms with Gasteiger partial charge in [0.2, 0.25) is 6.08 Å². The standard InChI is InChI=1S/C9H8ClNO3/c1-14-9-6(4-11-5-12)2-3-7(10)8(9)13/h2-3,13H,4H2,1H3. The molecule has 4 nitrogen and oxygen atoms in total. The maximum absolute atomic E-state index is 9.91. The number of ether oxygens (including phenoxy) is 1. The number of halogens is 1. The second kappa shape index (κ2) is 4.65. The van der Waals surface area contributed by atoms with Gasteiger partial charge in [-0.2, -0.15) is 0 Å². The zero-order valence-corrected chi connectivity index (χ0v) is 8.21. The van der Waals surface area contributed by atoms with Crippen molar-refractivity contribution in [2.24, 2.45) is 4.99 Å². The molecule has 0 aliphatic rings. The Morgan fingerprint density at radius 3 is 2.93 bits per heavy atom. The van der Waals surface area contributed by atoms with Gasteiger partial charge in [-0.15, -0.1) is 0 Å². The minimum Gasteiger partial charge on any atom is -0.503 e. The monoisotopic (exact) mass is 213 g/mol. The summed E-state index contributed by atoms with van der Waals surface area (Å²) < 4.78 is 4.93. The molecule has 74 valence electrons. The van der Waals surface area contributed by atoms with Crippen LogP contribution in [0.4, 0.5) is 0 Å². The summed E-state index contributed by atoms with van der Waals surface area (Å²) in [5.41, 5.74) is 0.581. The number of rotatable bonds is 3.